The summed E-state index contributed by atoms with van der Waals surface area (Å²) < 4.78 is 5.29. The molecule has 0 spiro atoms. The number of rotatable bonds is 2. The highest BCUT2D eigenvalue weighted by molar-refractivity contribution is 6.30. The molecule has 0 unspecified atom stereocenters. The standard InChI is InChI=1S/C14H10ClNO/c1-17-14-8-11(15)6-7-13(14)12-5-3-2-4-10(12)9-16/h2-8H,1H3. The van der Waals surface area contributed by atoms with Gasteiger partial charge < -0.3 is 4.74 Å². The zero-order valence-corrected chi connectivity index (χ0v) is 10.0. The Balaban J connectivity index is 2.65. The van der Waals surface area contributed by atoms with E-state index in [0.29, 0.717) is 16.3 Å². The van der Waals surface area contributed by atoms with Crippen LogP contribution in [0.1, 0.15) is 5.56 Å². The smallest absolute Gasteiger partial charge is 0.128 e. The van der Waals surface area contributed by atoms with E-state index in [0.717, 1.165) is 11.1 Å². The Morgan fingerprint density at radius 3 is 2.59 bits per heavy atom. The lowest BCUT2D eigenvalue weighted by Crippen LogP contribution is -1.90. The summed E-state index contributed by atoms with van der Waals surface area (Å²) in [6.45, 7) is 0. The molecule has 0 aliphatic rings. The van der Waals surface area contributed by atoms with Gasteiger partial charge in [-0.25, -0.2) is 0 Å². The first-order valence-electron chi connectivity index (χ1n) is 5.09. The highest BCUT2D eigenvalue weighted by Crippen LogP contribution is 2.33. The minimum absolute atomic E-state index is 0.611. The van der Waals surface area contributed by atoms with Gasteiger partial charge in [0, 0.05) is 16.1 Å². The third kappa shape index (κ3) is 2.25. The van der Waals surface area contributed by atoms with Gasteiger partial charge in [0.15, 0.2) is 0 Å². The van der Waals surface area contributed by atoms with E-state index >= 15 is 0 Å². The van der Waals surface area contributed by atoms with Crippen LogP contribution in [0.3, 0.4) is 0 Å². The molecule has 0 saturated carbocycles. The number of halogens is 1. The van der Waals surface area contributed by atoms with Crippen LogP contribution in [0, 0.1) is 11.3 Å². The summed E-state index contributed by atoms with van der Waals surface area (Å²) in [6, 6.07) is 15.0. The summed E-state index contributed by atoms with van der Waals surface area (Å²) in [4.78, 5) is 0. The van der Waals surface area contributed by atoms with Crippen molar-refractivity contribution in [3.05, 3.63) is 53.1 Å². The van der Waals surface area contributed by atoms with E-state index in [-0.39, 0.29) is 0 Å². The van der Waals surface area contributed by atoms with E-state index in [1.165, 1.54) is 0 Å². The Morgan fingerprint density at radius 2 is 1.88 bits per heavy atom. The Morgan fingerprint density at radius 1 is 1.12 bits per heavy atom. The maximum absolute atomic E-state index is 9.08. The van der Waals surface area contributed by atoms with Gasteiger partial charge >= 0.3 is 0 Å². The molecule has 17 heavy (non-hydrogen) atoms. The van der Waals surface area contributed by atoms with Crippen molar-refractivity contribution in [2.45, 2.75) is 0 Å². The van der Waals surface area contributed by atoms with E-state index in [2.05, 4.69) is 6.07 Å². The quantitative estimate of drug-likeness (QED) is 0.802. The number of nitrogens with zero attached hydrogens (tertiary/aromatic N) is 1. The molecule has 0 amide bonds. The predicted molar refractivity (Wildman–Crippen MR) is 68.2 cm³/mol. The minimum Gasteiger partial charge on any atom is -0.496 e. The molecule has 84 valence electrons. The summed E-state index contributed by atoms with van der Waals surface area (Å²) in [7, 11) is 1.59. The van der Waals surface area contributed by atoms with Crippen LogP contribution in [0.15, 0.2) is 42.5 Å². The van der Waals surface area contributed by atoms with Gasteiger partial charge in [-0.15, -0.1) is 0 Å². The highest BCUT2D eigenvalue weighted by atomic mass is 35.5. The first kappa shape index (κ1) is 11.5. The molecule has 0 N–H and O–H groups in total. The van der Waals surface area contributed by atoms with Crippen molar-refractivity contribution in [1.29, 1.82) is 5.26 Å². The second kappa shape index (κ2) is 4.90. The van der Waals surface area contributed by atoms with Gasteiger partial charge in [-0.1, -0.05) is 29.8 Å². The first-order chi connectivity index (χ1) is 8.26. The fourth-order valence-electron chi connectivity index (χ4n) is 1.70. The Kier molecular flexibility index (Phi) is 3.32. The molecule has 0 aliphatic heterocycles. The van der Waals surface area contributed by atoms with Gasteiger partial charge in [-0.3, -0.25) is 0 Å². The Labute approximate surface area is 105 Å². The van der Waals surface area contributed by atoms with Crippen molar-refractivity contribution in [2.24, 2.45) is 0 Å². The molecule has 0 bridgehead atoms. The van der Waals surface area contributed by atoms with E-state index in [1.54, 1.807) is 25.3 Å². The van der Waals surface area contributed by atoms with Crippen molar-refractivity contribution in [3.8, 4) is 22.9 Å². The number of methoxy groups -OCH3 is 1. The highest BCUT2D eigenvalue weighted by Gasteiger charge is 2.09. The van der Waals surface area contributed by atoms with Gasteiger partial charge in [-0.05, 0) is 24.3 Å². The number of benzene rings is 2. The molecule has 0 atom stereocenters. The summed E-state index contributed by atoms with van der Waals surface area (Å²) >= 11 is 5.91. The van der Waals surface area contributed by atoms with E-state index in [9.17, 15) is 0 Å². The van der Waals surface area contributed by atoms with Crippen LogP contribution < -0.4 is 4.74 Å². The summed E-state index contributed by atoms with van der Waals surface area (Å²) in [5, 5.41) is 9.69. The van der Waals surface area contributed by atoms with Crippen molar-refractivity contribution >= 4 is 11.6 Å². The largest absolute Gasteiger partial charge is 0.496 e. The zero-order chi connectivity index (χ0) is 12.3. The van der Waals surface area contributed by atoms with Crippen molar-refractivity contribution in [1.82, 2.24) is 0 Å². The summed E-state index contributed by atoms with van der Waals surface area (Å²) in [5.74, 6) is 0.667. The van der Waals surface area contributed by atoms with Gasteiger partial charge in [-0.2, -0.15) is 5.26 Å². The van der Waals surface area contributed by atoms with Crippen LogP contribution in [0.2, 0.25) is 5.02 Å². The average molecular weight is 244 g/mol. The minimum atomic E-state index is 0.611. The summed E-state index contributed by atoms with van der Waals surface area (Å²) in [5.41, 5.74) is 2.34. The van der Waals surface area contributed by atoms with Crippen LogP contribution in [0.5, 0.6) is 5.75 Å². The SMILES string of the molecule is COc1cc(Cl)ccc1-c1ccccc1C#N. The lowest BCUT2D eigenvalue weighted by atomic mass is 10.00. The maximum Gasteiger partial charge on any atom is 0.128 e. The van der Waals surface area contributed by atoms with Crippen molar-refractivity contribution < 1.29 is 4.74 Å². The average Bonchev–Trinajstić information content (AvgIpc) is 2.38. The van der Waals surface area contributed by atoms with Crippen molar-refractivity contribution in [3.63, 3.8) is 0 Å². The molecular formula is C14H10ClNO. The maximum atomic E-state index is 9.08. The lowest BCUT2D eigenvalue weighted by Gasteiger charge is -2.10. The molecule has 0 fully saturated rings. The Bertz CT molecular complexity index is 587. The van der Waals surface area contributed by atoms with Crippen LogP contribution in [0.4, 0.5) is 0 Å². The van der Waals surface area contributed by atoms with E-state index < -0.39 is 0 Å². The zero-order valence-electron chi connectivity index (χ0n) is 9.27. The van der Waals surface area contributed by atoms with E-state index in [1.807, 2.05) is 24.3 Å². The van der Waals surface area contributed by atoms with Crippen molar-refractivity contribution in [2.75, 3.05) is 7.11 Å². The molecule has 0 radical (unpaired) electrons. The second-order valence-electron chi connectivity index (χ2n) is 3.50. The van der Waals surface area contributed by atoms with Crippen LogP contribution in [0.25, 0.3) is 11.1 Å². The number of nitriles is 1. The van der Waals surface area contributed by atoms with Gasteiger partial charge in [0.1, 0.15) is 5.75 Å². The molecule has 0 aliphatic carbocycles. The second-order valence-corrected chi connectivity index (χ2v) is 3.94. The molecule has 2 aromatic carbocycles. The van der Waals surface area contributed by atoms with Crippen LogP contribution in [-0.2, 0) is 0 Å². The predicted octanol–water partition coefficient (Wildman–Crippen LogP) is 3.89. The van der Waals surface area contributed by atoms with Gasteiger partial charge in [0.25, 0.3) is 0 Å². The van der Waals surface area contributed by atoms with Gasteiger partial charge in [0.2, 0.25) is 0 Å². The molecule has 2 nitrogen and oxygen atoms in total. The fraction of sp³-hybridized carbons (Fsp3) is 0.0714. The molecule has 0 heterocycles. The first-order valence-corrected chi connectivity index (χ1v) is 5.47. The summed E-state index contributed by atoms with van der Waals surface area (Å²) in [6.07, 6.45) is 0. The third-order valence-corrected chi connectivity index (χ3v) is 2.74. The number of hydrogen-bond donors (Lipinski definition) is 0. The number of hydrogen-bond acceptors (Lipinski definition) is 2. The normalized spacial score (nSPS) is 9.71. The van der Waals surface area contributed by atoms with Crippen LogP contribution >= 0.6 is 11.6 Å². The monoisotopic (exact) mass is 243 g/mol. The molecule has 3 heteroatoms. The molecular weight excluding hydrogens is 234 g/mol. The number of ether oxygens (including phenoxy) is 1. The van der Waals surface area contributed by atoms with Gasteiger partial charge in [0.05, 0.1) is 18.7 Å². The molecule has 0 saturated heterocycles. The fourth-order valence-corrected chi connectivity index (χ4v) is 1.87. The van der Waals surface area contributed by atoms with Crippen LogP contribution in [-0.4, -0.2) is 7.11 Å². The van der Waals surface area contributed by atoms with E-state index in [4.69, 9.17) is 21.6 Å². The lowest BCUT2D eigenvalue weighted by molar-refractivity contribution is 0.416. The topological polar surface area (TPSA) is 33.0 Å². The molecule has 2 rings (SSSR count). The third-order valence-electron chi connectivity index (χ3n) is 2.50. The molecule has 0 aromatic heterocycles. The Hall–Kier alpha value is -1.98. The molecule has 2 aromatic rings.